The third kappa shape index (κ3) is 4.36. The van der Waals surface area contributed by atoms with Gasteiger partial charge in [-0.15, -0.1) is 0 Å². The normalized spacial score (nSPS) is 24.0. The molecule has 150 valence electrons. The van der Waals surface area contributed by atoms with Crippen LogP contribution in [0, 0.1) is 11.8 Å². The van der Waals surface area contributed by atoms with E-state index in [9.17, 15) is 5.11 Å². The molecule has 2 aliphatic rings. The number of phenolic OH excluding ortho intramolecular Hbond substituents is 1. The largest absolute Gasteiger partial charge is 0.507 e. The van der Waals surface area contributed by atoms with Crippen molar-refractivity contribution in [2.24, 2.45) is 11.8 Å². The first kappa shape index (κ1) is 20.3. The second kappa shape index (κ2) is 8.71. The smallest absolute Gasteiger partial charge is 0.134 e. The lowest BCUT2D eigenvalue weighted by atomic mass is 9.78. The van der Waals surface area contributed by atoms with Crippen molar-refractivity contribution in [1.82, 2.24) is 0 Å². The molecule has 2 heteroatoms. The van der Waals surface area contributed by atoms with Crippen LogP contribution < -0.4 is 4.74 Å². The highest BCUT2D eigenvalue weighted by molar-refractivity contribution is 5.55. The molecule has 0 amide bonds. The topological polar surface area (TPSA) is 29.5 Å². The van der Waals surface area contributed by atoms with Gasteiger partial charge in [0.05, 0.1) is 0 Å². The van der Waals surface area contributed by atoms with E-state index in [2.05, 4.69) is 40.7 Å². The number of ether oxygens (including phenoxy) is 1. The number of unbranched alkanes of at least 4 members (excludes halogenated alkanes) is 3. The van der Waals surface area contributed by atoms with Crippen molar-refractivity contribution >= 4 is 0 Å². The van der Waals surface area contributed by atoms with Gasteiger partial charge in [-0.3, -0.25) is 0 Å². The number of hydrogen-bond acceptors (Lipinski definition) is 2. The summed E-state index contributed by atoms with van der Waals surface area (Å²) in [5.41, 5.74) is 3.62. The van der Waals surface area contributed by atoms with Gasteiger partial charge in [-0.25, -0.2) is 0 Å². The maximum Gasteiger partial charge on any atom is 0.134 e. The number of hydrogen-bond donors (Lipinski definition) is 1. The average Bonchev–Trinajstić information content (AvgIpc) is 2.63. The van der Waals surface area contributed by atoms with E-state index in [0.717, 1.165) is 24.2 Å². The van der Waals surface area contributed by atoms with E-state index in [1.165, 1.54) is 55.4 Å². The fourth-order valence-electron chi connectivity index (χ4n) is 4.85. The predicted octanol–water partition coefficient (Wildman–Crippen LogP) is 7.67. The molecule has 3 rings (SSSR count). The van der Waals surface area contributed by atoms with Crippen molar-refractivity contribution in [1.29, 1.82) is 0 Å². The molecule has 4 atom stereocenters. The van der Waals surface area contributed by atoms with Gasteiger partial charge in [0.1, 0.15) is 17.3 Å². The minimum atomic E-state index is 0.270. The monoisotopic (exact) mass is 370 g/mol. The summed E-state index contributed by atoms with van der Waals surface area (Å²) in [4.78, 5) is 0. The molecule has 1 heterocycles. The Morgan fingerprint density at radius 3 is 2.67 bits per heavy atom. The Morgan fingerprint density at radius 2 is 1.93 bits per heavy atom. The van der Waals surface area contributed by atoms with Gasteiger partial charge in [-0.2, -0.15) is 0 Å². The molecule has 0 bridgehead atoms. The standard InChI is InChI=1S/C25H38O2/c1-6-7-8-9-10-17(3)18(4)20-14-22(26)25-19(5)21-12-11-16(2)13-23(21)27-24(25)15-20/h14-19,26H,6-13H2,1-5H3. The van der Waals surface area contributed by atoms with Crippen LogP contribution in [-0.4, -0.2) is 5.11 Å². The first-order valence-corrected chi connectivity index (χ1v) is 11.2. The van der Waals surface area contributed by atoms with E-state index in [1.54, 1.807) is 0 Å². The van der Waals surface area contributed by atoms with E-state index in [4.69, 9.17) is 4.74 Å². The minimum Gasteiger partial charge on any atom is -0.507 e. The van der Waals surface area contributed by atoms with Crippen LogP contribution in [0.2, 0.25) is 0 Å². The Kier molecular flexibility index (Phi) is 6.55. The molecule has 0 aromatic heterocycles. The Labute approximate surface area is 166 Å². The molecule has 0 radical (unpaired) electrons. The summed E-state index contributed by atoms with van der Waals surface area (Å²) in [6, 6.07) is 4.21. The van der Waals surface area contributed by atoms with E-state index in [-0.39, 0.29) is 5.92 Å². The van der Waals surface area contributed by atoms with Gasteiger partial charge < -0.3 is 9.84 Å². The Morgan fingerprint density at radius 1 is 1.15 bits per heavy atom. The third-order valence-corrected chi connectivity index (χ3v) is 7.02. The Bertz CT molecular complexity index is 688. The minimum absolute atomic E-state index is 0.270. The van der Waals surface area contributed by atoms with Gasteiger partial charge in [-0.1, -0.05) is 66.7 Å². The lowest BCUT2D eigenvalue weighted by Crippen LogP contribution is -2.20. The number of fused-ring (bicyclic) bond motifs is 1. The fourth-order valence-corrected chi connectivity index (χ4v) is 4.85. The van der Waals surface area contributed by atoms with Crippen LogP contribution in [0.3, 0.4) is 0 Å². The summed E-state index contributed by atoms with van der Waals surface area (Å²) in [6.07, 6.45) is 9.88. The highest BCUT2D eigenvalue weighted by Crippen LogP contribution is 2.50. The maximum atomic E-state index is 10.8. The van der Waals surface area contributed by atoms with Crippen molar-refractivity contribution in [3.05, 3.63) is 34.6 Å². The second-order valence-corrected chi connectivity index (χ2v) is 9.19. The molecule has 0 saturated heterocycles. The van der Waals surface area contributed by atoms with E-state index < -0.39 is 0 Å². The number of rotatable bonds is 7. The van der Waals surface area contributed by atoms with Crippen LogP contribution in [0.5, 0.6) is 11.5 Å². The van der Waals surface area contributed by atoms with Crippen LogP contribution in [0.15, 0.2) is 23.5 Å². The van der Waals surface area contributed by atoms with Crippen LogP contribution in [-0.2, 0) is 0 Å². The van der Waals surface area contributed by atoms with E-state index in [1.807, 2.05) is 6.07 Å². The van der Waals surface area contributed by atoms with E-state index in [0.29, 0.717) is 23.5 Å². The van der Waals surface area contributed by atoms with Crippen molar-refractivity contribution in [3.63, 3.8) is 0 Å². The van der Waals surface area contributed by atoms with Gasteiger partial charge in [0.15, 0.2) is 0 Å². The van der Waals surface area contributed by atoms with Crippen LogP contribution in [0.4, 0.5) is 0 Å². The Balaban J connectivity index is 1.78. The van der Waals surface area contributed by atoms with Gasteiger partial charge in [0.2, 0.25) is 0 Å². The number of phenols is 1. The number of benzene rings is 1. The first-order valence-electron chi connectivity index (χ1n) is 11.2. The number of allylic oxidation sites excluding steroid dienone is 2. The zero-order valence-electron chi connectivity index (χ0n) is 18.0. The zero-order valence-corrected chi connectivity index (χ0v) is 18.0. The molecule has 4 unspecified atom stereocenters. The molecule has 1 aliphatic carbocycles. The molecule has 1 aliphatic heterocycles. The van der Waals surface area contributed by atoms with Crippen molar-refractivity contribution in [2.75, 3.05) is 0 Å². The molecular weight excluding hydrogens is 332 g/mol. The number of aromatic hydroxyl groups is 1. The summed E-state index contributed by atoms with van der Waals surface area (Å²) < 4.78 is 6.36. The summed E-state index contributed by atoms with van der Waals surface area (Å²) >= 11 is 0. The molecule has 27 heavy (non-hydrogen) atoms. The van der Waals surface area contributed by atoms with E-state index >= 15 is 0 Å². The van der Waals surface area contributed by atoms with Crippen molar-refractivity contribution in [3.8, 4) is 11.5 Å². The quantitative estimate of drug-likeness (QED) is 0.499. The molecule has 0 saturated carbocycles. The lowest BCUT2D eigenvalue weighted by Gasteiger charge is -2.34. The van der Waals surface area contributed by atoms with Crippen molar-refractivity contribution < 1.29 is 9.84 Å². The summed E-state index contributed by atoms with van der Waals surface area (Å²) in [5.74, 6) is 4.50. The first-order chi connectivity index (χ1) is 12.9. The lowest BCUT2D eigenvalue weighted by molar-refractivity contribution is 0.307. The second-order valence-electron chi connectivity index (χ2n) is 9.19. The maximum absolute atomic E-state index is 10.8. The third-order valence-electron chi connectivity index (χ3n) is 7.02. The SMILES string of the molecule is CCCCCCC(C)C(C)c1cc(O)c2c(c1)OC1=C(CCC(C)C1)C2C. The van der Waals surface area contributed by atoms with Gasteiger partial charge in [0, 0.05) is 17.9 Å². The molecule has 0 fully saturated rings. The predicted molar refractivity (Wildman–Crippen MR) is 114 cm³/mol. The molecule has 1 aromatic rings. The highest BCUT2D eigenvalue weighted by Gasteiger charge is 2.33. The molecular formula is C25H38O2. The van der Waals surface area contributed by atoms with Crippen LogP contribution >= 0.6 is 0 Å². The van der Waals surface area contributed by atoms with Gasteiger partial charge in [-0.05, 0) is 53.9 Å². The molecule has 1 aromatic carbocycles. The van der Waals surface area contributed by atoms with Crippen molar-refractivity contribution in [2.45, 2.75) is 97.8 Å². The zero-order chi connectivity index (χ0) is 19.6. The molecule has 2 nitrogen and oxygen atoms in total. The summed E-state index contributed by atoms with van der Waals surface area (Å²) in [6.45, 7) is 11.4. The van der Waals surface area contributed by atoms with Gasteiger partial charge in [0.25, 0.3) is 0 Å². The van der Waals surface area contributed by atoms with Gasteiger partial charge >= 0.3 is 0 Å². The summed E-state index contributed by atoms with van der Waals surface area (Å²) in [5, 5.41) is 10.8. The molecule has 0 spiro atoms. The fraction of sp³-hybridized carbons (Fsp3) is 0.680. The Hall–Kier alpha value is -1.44. The average molecular weight is 371 g/mol. The highest BCUT2D eigenvalue weighted by atomic mass is 16.5. The molecule has 1 N–H and O–H groups in total. The van der Waals surface area contributed by atoms with Crippen LogP contribution in [0.1, 0.15) is 109 Å². The summed E-state index contributed by atoms with van der Waals surface area (Å²) in [7, 11) is 0. The van der Waals surface area contributed by atoms with Crippen LogP contribution in [0.25, 0.3) is 0 Å².